The molecule has 23 heavy (non-hydrogen) atoms. The second-order valence-electron chi connectivity index (χ2n) is 6.25. The van der Waals surface area contributed by atoms with Crippen molar-refractivity contribution in [2.24, 2.45) is 0 Å². The van der Waals surface area contributed by atoms with Crippen molar-refractivity contribution in [3.05, 3.63) is 78.4 Å². The number of nitrogens with zero attached hydrogens (tertiary/aromatic N) is 3. The van der Waals surface area contributed by atoms with Crippen LogP contribution in [0.15, 0.2) is 72.1 Å². The Bertz CT molecular complexity index is 734. The molecule has 0 aliphatic rings. The van der Waals surface area contributed by atoms with E-state index in [4.69, 9.17) is 0 Å². The maximum atomic E-state index is 4.41. The van der Waals surface area contributed by atoms with Gasteiger partial charge in [-0.15, -0.1) is 0 Å². The summed E-state index contributed by atoms with van der Waals surface area (Å²) in [5, 5.41) is 4.53. The van der Waals surface area contributed by atoms with Gasteiger partial charge in [0.2, 0.25) is 0 Å². The van der Waals surface area contributed by atoms with Crippen molar-refractivity contribution < 1.29 is 0 Å². The fourth-order valence-electron chi connectivity index (χ4n) is 2.63. The largest absolute Gasteiger partial charge is 0.239 e. The number of benzene rings is 2. The zero-order chi connectivity index (χ0) is 16.3. The second kappa shape index (κ2) is 6.59. The Morgan fingerprint density at radius 3 is 2.30 bits per heavy atom. The van der Waals surface area contributed by atoms with Crippen molar-refractivity contribution in [2.75, 3.05) is 0 Å². The van der Waals surface area contributed by atoms with Crippen molar-refractivity contribution in [1.82, 2.24) is 14.8 Å². The first-order valence-corrected chi connectivity index (χ1v) is 8.58. The van der Waals surface area contributed by atoms with Gasteiger partial charge >= 0.3 is 0 Å². The molecular weight excluding hydrogens is 302 g/mol. The average Bonchev–Trinajstić information content (AvgIpc) is 3.09. The van der Waals surface area contributed by atoms with Crippen LogP contribution in [-0.2, 0) is 5.41 Å². The zero-order valence-electron chi connectivity index (χ0n) is 13.7. The lowest BCUT2D eigenvalue weighted by molar-refractivity contribution is 0.394. The molecule has 0 aliphatic carbocycles. The lowest BCUT2D eigenvalue weighted by atomic mass is 9.84. The number of rotatable bonds is 5. The molecule has 3 aromatic rings. The summed E-state index contributed by atoms with van der Waals surface area (Å²) in [6.07, 6.45) is 3.40. The molecule has 1 atom stereocenters. The molecule has 0 radical (unpaired) electrons. The molecule has 0 saturated carbocycles. The summed E-state index contributed by atoms with van der Waals surface area (Å²) >= 11 is 1.82. The van der Waals surface area contributed by atoms with E-state index in [1.165, 1.54) is 16.0 Å². The average molecular weight is 323 g/mol. The topological polar surface area (TPSA) is 30.7 Å². The molecule has 0 fully saturated rings. The van der Waals surface area contributed by atoms with Gasteiger partial charge in [-0.05, 0) is 24.6 Å². The monoisotopic (exact) mass is 323 g/mol. The molecule has 1 unspecified atom stereocenters. The van der Waals surface area contributed by atoms with Crippen LogP contribution in [0.4, 0.5) is 0 Å². The highest BCUT2D eigenvalue weighted by Gasteiger charge is 2.34. The fourth-order valence-corrected chi connectivity index (χ4v) is 3.83. The van der Waals surface area contributed by atoms with E-state index in [1.54, 1.807) is 12.7 Å². The van der Waals surface area contributed by atoms with Crippen LogP contribution in [0.3, 0.4) is 0 Å². The van der Waals surface area contributed by atoms with Crippen LogP contribution >= 0.6 is 11.8 Å². The standard InChI is InChI=1S/C19H21N3S/c1-15-9-11-17(12-10-15)23-18(22-14-20-13-21-22)19(2,3)16-7-5-4-6-8-16/h4-14,18H,1-3H3. The Hall–Kier alpha value is -2.07. The van der Waals surface area contributed by atoms with E-state index >= 15 is 0 Å². The minimum Gasteiger partial charge on any atom is -0.239 e. The van der Waals surface area contributed by atoms with E-state index in [-0.39, 0.29) is 10.8 Å². The van der Waals surface area contributed by atoms with Crippen molar-refractivity contribution in [3.8, 4) is 0 Å². The predicted molar refractivity (Wildman–Crippen MR) is 95.6 cm³/mol. The Morgan fingerprint density at radius 2 is 1.70 bits per heavy atom. The Morgan fingerprint density at radius 1 is 1.00 bits per heavy atom. The molecule has 0 saturated heterocycles. The molecule has 0 spiro atoms. The van der Waals surface area contributed by atoms with Crippen LogP contribution in [0.25, 0.3) is 0 Å². The summed E-state index contributed by atoms with van der Waals surface area (Å²) in [4.78, 5) is 5.38. The molecule has 0 bridgehead atoms. The Balaban J connectivity index is 1.97. The minimum absolute atomic E-state index is 0.0927. The summed E-state index contributed by atoms with van der Waals surface area (Å²) in [5.41, 5.74) is 2.47. The van der Waals surface area contributed by atoms with E-state index in [9.17, 15) is 0 Å². The first-order chi connectivity index (χ1) is 11.1. The summed E-state index contributed by atoms with van der Waals surface area (Å²) in [7, 11) is 0. The third-order valence-corrected chi connectivity index (χ3v) is 5.65. The minimum atomic E-state index is -0.0927. The number of hydrogen-bond donors (Lipinski definition) is 0. The zero-order valence-corrected chi connectivity index (χ0v) is 14.5. The maximum absolute atomic E-state index is 4.41. The van der Waals surface area contributed by atoms with Gasteiger partial charge in [0, 0.05) is 10.3 Å². The molecule has 3 rings (SSSR count). The normalized spacial score (nSPS) is 13.0. The molecule has 118 valence electrons. The van der Waals surface area contributed by atoms with Crippen molar-refractivity contribution in [3.63, 3.8) is 0 Å². The summed E-state index contributed by atoms with van der Waals surface area (Å²) in [6.45, 7) is 6.63. The second-order valence-corrected chi connectivity index (χ2v) is 7.40. The number of aryl methyl sites for hydroxylation is 1. The highest BCUT2D eigenvalue weighted by atomic mass is 32.2. The van der Waals surface area contributed by atoms with Gasteiger partial charge in [0.05, 0.1) is 0 Å². The van der Waals surface area contributed by atoms with Crippen molar-refractivity contribution in [1.29, 1.82) is 0 Å². The van der Waals surface area contributed by atoms with Crippen LogP contribution in [-0.4, -0.2) is 14.8 Å². The molecule has 3 nitrogen and oxygen atoms in total. The first kappa shape index (κ1) is 15.8. The van der Waals surface area contributed by atoms with E-state index in [0.29, 0.717) is 0 Å². The molecule has 1 heterocycles. The maximum Gasteiger partial charge on any atom is 0.137 e. The fraction of sp³-hybridized carbons (Fsp3) is 0.263. The molecule has 0 aliphatic heterocycles. The summed E-state index contributed by atoms with van der Waals surface area (Å²) < 4.78 is 1.96. The molecule has 1 aromatic heterocycles. The van der Waals surface area contributed by atoms with E-state index in [0.717, 1.165) is 0 Å². The summed E-state index contributed by atoms with van der Waals surface area (Å²) in [6, 6.07) is 19.2. The van der Waals surface area contributed by atoms with Gasteiger partial charge in [0.1, 0.15) is 18.0 Å². The first-order valence-electron chi connectivity index (χ1n) is 7.70. The van der Waals surface area contributed by atoms with Gasteiger partial charge < -0.3 is 0 Å². The van der Waals surface area contributed by atoms with Gasteiger partial charge in [-0.2, -0.15) is 5.10 Å². The van der Waals surface area contributed by atoms with Crippen LogP contribution in [0.5, 0.6) is 0 Å². The van der Waals surface area contributed by atoms with Crippen LogP contribution in [0, 0.1) is 6.92 Å². The third-order valence-electron chi connectivity index (χ3n) is 4.08. The number of aromatic nitrogens is 3. The smallest absolute Gasteiger partial charge is 0.137 e. The third kappa shape index (κ3) is 3.48. The van der Waals surface area contributed by atoms with Gasteiger partial charge in [-0.3, -0.25) is 0 Å². The summed E-state index contributed by atoms with van der Waals surface area (Å²) in [5.74, 6) is 0. The van der Waals surface area contributed by atoms with Crippen LogP contribution < -0.4 is 0 Å². The Kier molecular flexibility index (Phi) is 4.53. The van der Waals surface area contributed by atoms with E-state index in [2.05, 4.69) is 85.5 Å². The molecule has 0 amide bonds. The lowest BCUT2D eigenvalue weighted by Gasteiger charge is -2.34. The molecular formula is C19H21N3S. The van der Waals surface area contributed by atoms with Gasteiger partial charge in [0.25, 0.3) is 0 Å². The Labute approximate surface area is 141 Å². The van der Waals surface area contributed by atoms with Gasteiger partial charge in [0.15, 0.2) is 0 Å². The highest BCUT2D eigenvalue weighted by Crippen LogP contribution is 2.45. The van der Waals surface area contributed by atoms with Crippen LogP contribution in [0.1, 0.15) is 30.3 Å². The van der Waals surface area contributed by atoms with E-state index < -0.39 is 0 Å². The quantitative estimate of drug-likeness (QED) is 0.629. The molecule has 0 N–H and O–H groups in total. The molecule has 4 heteroatoms. The van der Waals surface area contributed by atoms with Crippen molar-refractivity contribution in [2.45, 2.75) is 36.5 Å². The highest BCUT2D eigenvalue weighted by molar-refractivity contribution is 7.99. The predicted octanol–water partition coefficient (Wildman–Crippen LogP) is 4.86. The van der Waals surface area contributed by atoms with E-state index in [1.807, 2.05) is 16.4 Å². The van der Waals surface area contributed by atoms with Crippen LogP contribution in [0.2, 0.25) is 0 Å². The lowest BCUT2D eigenvalue weighted by Crippen LogP contribution is -2.29. The number of hydrogen-bond acceptors (Lipinski definition) is 3. The van der Waals surface area contributed by atoms with Gasteiger partial charge in [-0.25, -0.2) is 9.67 Å². The number of thioether (sulfide) groups is 1. The van der Waals surface area contributed by atoms with Crippen molar-refractivity contribution >= 4 is 11.8 Å². The van der Waals surface area contributed by atoms with Gasteiger partial charge in [-0.1, -0.05) is 73.6 Å². The SMILES string of the molecule is Cc1ccc(SC(n2cncn2)C(C)(C)c2ccccc2)cc1. The molecule has 2 aromatic carbocycles.